The van der Waals surface area contributed by atoms with E-state index in [2.05, 4.69) is 22.2 Å². The number of benzene rings is 1. The lowest BCUT2D eigenvalue weighted by Crippen LogP contribution is -2.34. The molecule has 1 aliphatic carbocycles. The van der Waals surface area contributed by atoms with E-state index in [-0.39, 0.29) is 12.1 Å². The van der Waals surface area contributed by atoms with E-state index in [1.807, 2.05) is 44.2 Å². The van der Waals surface area contributed by atoms with E-state index in [0.29, 0.717) is 23.7 Å². The van der Waals surface area contributed by atoms with Crippen LogP contribution in [0.15, 0.2) is 42.6 Å². The van der Waals surface area contributed by atoms with Gasteiger partial charge in [0.05, 0.1) is 0 Å². The molecule has 0 spiro atoms. The van der Waals surface area contributed by atoms with Crippen LogP contribution in [0, 0.1) is 5.92 Å². The lowest BCUT2D eigenvalue weighted by atomic mass is 9.85. The number of aromatic nitrogens is 2. The summed E-state index contributed by atoms with van der Waals surface area (Å²) in [6, 6.07) is 11.8. The molecule has 2 heterocycles. The Morgan fingerprint density at radius 2 is 1.86 bits per heavy atom. The summed E-state index contributed by atoms with van der Waals surface area (Å²) in [7, 11) is 0. The minimum atomic E-state index is -0.660. The molecule has 1 saturated heterocycles. The smallest absolute Gasteiger partial charge is 0.416 e. The summed E-state index contributed by atoms with van der Waals surface area (Å²) in [4.78, 5) is 23.5. The number of carbonyl (C=O) groups excluding carboxylic acids is 1. The highest BCUT2D eigenvalue weighted by Crippen LogP contribution is 2.43. The maximum atomic E-state index is 12.8. The van der Waals surface area contributed by atoms with Crippen molar-refractivity contribution in [1.82, 2.24) is 9.97 Å². The molecule has 2 fully saturated rings. The van der Waals surface area contributed by atoms with E-state index in [4.69, 9.17) is 4.74 Å². The second-order valence-electron chi connectivity index (χ2n) is 8.72. The zero-order valence-corrected chi connectivity index (χ0v) is 17.5. The van der Waals surface area contributed by atoms with Gasteiger partial charge in [0, 0.05) is 12.2 Å². The van der Waals surface area contributed by atoms with Crippen molar-refractivity contribution < 1.29 is 9.53 Å². The van der Waals surface area contributed by atoms with Crippen molar-refractivity contribution in [3.8, 4) is 0 Å². The molecule has 1 amide bonds. The molecule has 1 aromatic carbocycles. The highest BCUT2D eigenvalue weighted by atomic mass is 16.6. The SMILES string of the molecule is C[C@H](Nc1nccc(N2C(=O)OC(C)(C)[C@@H]2c2ccccc2)n1)C1CCCCC1. The Labute approximate surface area is 172 Å². The number of carbonyl (C=O) groups is 1. The van der Waals surface area contributed by atoms with Gasteiger partial charge in [0.2, 0.25) is 5.95 Å². The van der Waals surface area contributed by atoms with Crippen LogP contribution in [0.5, 0.6) is 0 Å². The fourth-order valence-electron chi connectivity index (χ4n) is 4.67. The topological polar surface area (TPSA) is 67.4 Å². The van der Waals surface area contributed by atoms with Gasteiger partial charge in [-0.25, -0.2) is 14.7 Å². The van der Waals surface area contributed by atoms with Crippen LogP contribution in [0.4, 0.5) is 16.6 Å². The van der Waals surface area contributed by atoms with Crippen LogP contribution < -0.4 is 10.2 Å². The van der Waals surface area contributed by atoms with Gasteiger partial charge in [-0.2, -0.15) is 4.98 Å². The summed E-state index contributed by atoms with van der Waals surface area (Å²) in [6.07, 6.45) is 7.75. The Kier molecular flexibility index (Phi) is 5.43. The molecule has 1 aromatic heterocycles. The van der Waals surface area contributed by atoms with Crippen LogP contribution in [0.2, 0.25) is 0 Å². The molecule has 154 valence electrons. The third-order valence-electron chi connectivity index (χ3n) is 6.18. The Morgan fingerprint density at radius 1 is 1.14 bits per heavy atom. The number of hydrogen-bond acceptors (Lipinski definition) is 5. The molecule has 0 unspecified atom stereocenters. The number of nitrogens with zero attached hydrogens (tertiary/aromatic N) is 3. The lowest BCUT2D eigenvalue weighted by Gasteiger charge is -2.30. The lowest BCUT2D eigenvalue weighted by molar-refractivity contribution is 0.0685. The molecule has 1 N–H and O–H groups in total. The van der Waals surface area contributed by atoms with E-state index in [0.717, 1.165) is 5.56 Å². The van der Waals surface area contributed by atoms with E-state index in [1.165, 1.54) is 32.1 Å². The minimum absolute atomic E-state index is 0.255. The molecule has 2 atom stereocenters. The van der Waals surface area contributed by atoms with Crippen molar-refractivity contribution in [2.24, 2.45) is 5.92 Å². The summed E-state index contributed by atoms with van der Waals surface area (Å²) in [5, 5.41) is 3.46. The normalized spacial score (nSPS) is 22.9. The highest BCUT2D eigenvalue weighted by molar-refractivity contribution is 5.90. The van der Waals surface area contributed by atoms with Gasteiger partial charge in [-0.3, -0.25) is 0 Å². The van der Waals surface area contributed by atoms with Gasteiger partial charge in [0.25, 0.3) is 0 Å². The number of anilines is 2. The Bertz CT molecular complexity index is 849. The Hall–Kier alpha value is -2.63. The van der Waals surface area contributed by atoms with Crippen molar-refractivity contribution in [3.05, 3.63) is 48.2 Å². The maximum absolute atomic E-state index is 12.8. The molecule has 6 nitrogen and oxygen atoms in total. The van der Waals surface area contributed by atoms with Crippen LogP contribution in [0.25, 0.3) is 0 Å². The zero-order valence-electron chi connectivity index (χ0n) is 17.5. The van der Waals surface area contributed by atoms with Crippen LogP contribution >= 0.6 is 0 Å². The monoisotopic (exact) mass is 394 g/mol. The fourth-order valence-corrected chi connectivity index (χ4v) is 4.67. The first-order valence-electron chi connectivity index (χ1n) is 10.6. The number of amides is 1. The summed E-state index contributed by atoms with van der Waals surface area (Å²) in [5.41, 5.74) is 0.360. The summed E-state index contributed by atoms with van der Waals surface area (Å²) in [6.45, 7) is 6.08. The van der Waals surface area contributed by atoms with E-state index in [9.17, 15) is 4.79 Å². The Balaban J connectivity index is 1.60. The van der Waals surface area contributed by atoms with Crippen molar-refractivity contribution in [1.29, 1.82) is 0 Å². The summed E-state index contributed by atoms with van der Waals surface area (Å²) in [5.74, 6) is 1.76. The van der Waals surface area contributed by atoms with Crippen molar-refractivity contribution in [3.63, 3.8) is 0 Å². The van der Waals surface area contributed by atoms with Crippen LogP contribution in [0.1, 0.15) is 64.5 Å². The molecule has 0 radical (unpaired) electrons. The number of rotatable bonds is 5. The molecule has 0 bridgehead atoms. The van der Waals surface area contributed by atoms with Crippen molar-refractivity contribution in [2.45, 2.75) is 70.6 Å². The molecule has 2 aromatic rings. The van der Waals surface area contributed by atoms with E-state index in [1.54, 1.807) is 17.2 Å². The largest absolute Gasteiger partial charge is 0.440 e. The first-order valence-corrected chi connectivity index (χ1v) is 10.6. The Morgan fingerprint density at radius 3 is 2.59 bits per heavy atom. The second kappa shape index (κ2) is 8.01. The number of hydrogen-bond donors (Lipinski definition) is 1. The van der Waals surface area contributed by atoms with Crippen molar-refractivity contribution >= 4 is 17.9 Å². The molecule has 29 heavy (non-hydrogen) atoms. The molecule has 6 heteroatoms. The van der Waals surface area contributed by atoms with Crippen LogP contribution in [0.3, 0.4) is 0 Å². The first kappa shape index (κ1) is 19.7. The summed E-state index contributed by atoms with van der Waals surface area (Å²) < 4.78 is 5.71. The van der Waals surface area contributed by atoms with Gasteiger partial charge in [0.1, 0.15) is 17.5 Å². The molecular weight excluding hydrogens is 364 g/mol. The third-order valence-corrected chi connectivity index (χ3v) is 6.18. The van der Waals surface area contributed by atoms with Gasteiger partial charge in [-0.1, -0.05) is 49.6 Å². The zero-order chi connectivity index (χ0) is 20.4. The molecule has 2 aliphatic rings. The predicted octanol–water partition coefficient (Wildman–Crippen LogP) is 5.33. The minimum Gasteiger partial charge on any atom is -0.440 e. The number of ether oxygens (including phenoxy) is 1. The third kappa shape index (κ3) is 4.07. The predicted molar refractivity (Wildman–Crippen MR) is 114 cm³/mol. The molecule has 1 saturated carbocycles. The average Bonchev–Trinajstić information content (AvgIpc) is 2.97. The van der Waals surface area contributed by atoms with E-state index < -0.39 is 5.60 Å². The highest BCUT2D eigenvalue weighted by Gasteiger charge is 2.49. The van der Waals surface area contributed by atoms with Gasteiger partial charge in [0.15, 0.2) is 0 Å². The van der Waals surface area contributed by atoms with Gasteiger partial charge < -0.3 is 10.1 Å². The molecule has 1 aliphatic heterocycles. The van der Waals surface area contributed by atoms with Crippen molar-refractivity contribution in [2.75, 3.05) is 10.2 Å². The van der Waals surface area contributed by atoms with Gasteiger partial charge in [-0.15, -0.1) is 0 Å². The number of cyclic esters (lactones) is 1. The maximum Gasteiger partial charge on any atom is 0.416 e. The second-order valence-corrected chi connectivity index (χ2v) is 8.72. The van der Waals surface area contributed by atoms with Crippen LogP contribution in [-0.2, 0) is 4.74 Å². The standard InChI is InChI=1S/C23H30N4O2/c1-16(17-10-6-4-7-11-17)25-21-24-15-14-19(26-21)27-20(18-12-8-5-9-13-18)23(2,3)29-22(27)28/h5,8-9,12-17,20H,4,6-7,10-11H2,1-3H3,(H,24,25,26)/t16-,20-/m0/s1. The summed E-state index contributed by atoms with van der Waals surface area (Å²) >= 11 is 0. The van der Waals surface area contributed by atoms with Gasteiger partial charge >= 0.3 is 6.09 Å². The fraction of sp³-hybridized carbons (Fsp3) is 0.522. The quantitative estimate of drug-likeness (QED) is 0.742. The number of nitrogens with one attached hydrogen (secondary N) is 1. The first-order chi connectivity index (χ1) is 14.0. The molecular formula is C23H30N4O2. The van der Waals surface area contributed by atoms with Gasteiger partial charge in [-0.05, 0) is 51.2 Å². The van der Waals surface area contributed by atoms with E-state index >= 15 is 0 Å². The molecule has 4 rings (SSSR count). The average molecular weight is 395 g/mol. The van der Waals surface area contributed by atoms with Crippen LogP contribution in [-0.4, -0.2) is 27.7 Å².